The molecule has 3 N–H and O–H groups in total. The molecule has 0 saturated heterocycles. The Bertz CT molecular complexity index is 710. The number of carboxylic acids is 1. The average Bonchev–Trinajstić information content (AvgIpc) is 3.15. The van der Waals surface area contributed by atoms with Crippen LogP contribution in [0.25, 0.3) is 0 Å². The Kier molecular flexibility index (Phi) is 5.39. The maximum absolute atomic E-state index is 12.9. The summed E-state index contributed by atoms with van der Waals surface area (Å²) < 4.78 is 25.7. The maximum atomic E-state index is 12.9. The van der Waals surface area contributed by atoms with Crippen LogP contribution in [0.1, 0.15) is 11.1 Å². The largest absolute Gasteiger partial charge is 0.479 e. The zero-order chi connectivity index (χ0) is 17.6. The summed E-state index contributed by atoms with van der Waals surface area (Å²) in [6.07, 6.45) is 5.08. The first-order valence-corrected chi connectivity index (χ1v) is 6.85. The fourth-order valence-corrected chi connectivity index (χ4v) is 2.01. The smallest absolute Gasteiger partial charge is 0.345 e. The number of H-pyrrole nitrogens is 1. The predicted molar refractivity (Wildman–Crippen MR) is 82.0 cm³/mol. The van der Waals surface area contributed by atoms with Gasteiger partial charge in [0.1, 0.15) is 11.6 Å². The molecule has 1 heterocycles. The van der Waals surface area contributed by atoms with Crippen LogP contribution in [-0.2, 0) is 10.4 Å². The van der Waals surface area contributed by atoms with E-state index in [9.17, 15) is 23.8 Å². The first-order valence-electron chi connectivity index (χ1n) is 6.85. The molecule has 3 rings (SSSR count). The molecule has 2 aromatic carbocycles. The number of nitrogens with one attached hydrogen (secondary N) is 1. The Morgan fingerprint density at radius 1 is 0.958 bits per heavy atom. The molecule has 0 aliphatic rings. The van der Waals surface area contributed by atoms with Gasteiger partial charge in [-0.2, -0.15) is 0 Å². The fourth-order valence-electron chi connectivity index (χ4n) is 2.01. The number of nitrogens with zero attached hydrogens (tertiary/aromatic N) is 1. The van der Waals surface area contributed by atoms with E-state index < -0.39 is 23.2 Å². The molecule has 7 heteroatoms. The van der Waals surface area contributed by atoms with Gasteiger partial charge in [0.15, 0.2) is 0 Å². The lowest BCUT2D eigenvalue weighted by Gasteiger charge is -2.24. The highest BCUT2D eigenvalue weighted by atomic mass is 19.1. The quantitative estimate of drug-likeness (QED) is 0.688. The first kappa shape index (κ1) is 17.3. The van der Waals surface area contributed by atoms with Crippen molar-refractivity contribution in [3.63, 3.8) is 0 Å². The minimum Gasteiger partial charge on any atom is -0.479 e. The van der Waals surface area contributed by atoms with Gasteiger partial charge >= 0.3 is 5.97 Å². The van der Waals surface area contributed by atoms with Gasteiger partial charge in [0.25, 0.3) is 0 Å². The highest BCUT2D eigenvalue weighted by molar-refractivity contribution is 5.83. The number of imidazole rings is 1. The topological polar surface area (TPSA) is 86.2 Å². The lowest BCUT2D eigenvalue weighted by Crippen LogP contribution is -2.36. The van der Waals surface area contributed by atoms with E-state index in [-0.39, 0.29) is 11.1 Å². The van der Waals surface area contributed by atoms with Crippen molar-refractivity contribution in [3.05, 3.63) is 90.0 Å². The molecular formula is C17H14F2N2O3. The second-order valence-corrected chi connectivity index (χ2v) is 4.79. The molecule has 0 aliphatic carbocycles. The number of hydrogen-bond acceptors (Lipinski definition) is 3. The van der Waals surface area contributed by atoms with E-state index in [0.717, 1.165) is 24.3 Å². The van der Waals surface area contributed by atoms with Gasteiger partial charge < -0.3 is 15.2 Å². The van der Waals surface area contributed by atoms with Crippen LogP contribution in [-0.4, -0.2) is 26.2 Å². The van der Waals surface area contributed by atoms with Crippen LogP contribution in [0.3, 0.4) is 0 Å². The Morgan fingerprint density at radius 3 is 1.67 bits per heavy atom. The van der Waals surface area contributed by atoms with Crippen LogP contribution < -0.4 is 0 Å². The van der Waals surface area contributed by atoms with Crippen molar-refractivity contribution in [3.8, 4) is 0 Å². The van der Waals surface area contributed by atoms with Crippen LogP contribution >= 0.6 is 0 Å². The summed E-state index contributed by atoms with van der Waals surface area (Å²) in [6, 6.07) is 8.89. The summed E-state index contributed by atoms with van der Waals surface area (Å²) in [6.45, 7) is 0. The minimum atomic E-state index is -2.35. The Morgan fingerprint density at radius 2 is 1.42 bits per heavy atom. The number of aliphatic hydroxyl groups is 1. The average molecular weight is 332 g/mol. The van der Waals surface area contributed by atoms with Crippen LogP contribution in [0.2, 0.25) is 0 Å². The zero-order valence-electron chi connectivity index (χ0n) is 12.4. The molecule has 0 amide bonds. The van der Waals surface area contributed by atoms with Crippen molar-refractivity contribution < 1.29 is 23.8 Å². The van der Waals surface area contributed by atoms with Gasteiger partial charge in [0, 0.05) is 12.4 Å². The molecule has 0 saturated carbocycles. The molecule has 124 valence electrons. The molecule has 0 radical (unpaired) electrons. The van der Waals surface area contributed by atoms with Crippen molar-refractivity contribution in [2.45, 2.75) is 5.60 Å². The summed E-state index contributed by atoms with van der Waals surface area (Å²) in [5, 5.41) is 19.6. The number of carboxylic acid groups (broad SMARTS) is 1. The molecule has 3 aromatic rings. The highest BCUT2D eigenvalue weighted by Gasteiger charge is 2.40. The third-order valence-electron chi connectivity index (χ3n) is 3.24. The lowest BCUT2D eigenvalue weighted by molar-refractivity contribution is -0.155. The van der Waals surface area contributed by atoms with Gasteiger partial charge in [-0.3, -0.25) is 0 Å². The van der Waals surface area contributed by atoms with Crippen LogP contribution in [0.5, 0.6) is 0 Å². The molecule has 0 unspecified atom stereocenters. The van der Waals surface area contributed by atoms with Crippen molar-refractivity contribution in [1.82, 2.24) is 9.97 Å². The van der Waals surface area contributed by atoms with Crippen LogP contribution in [0.15, 0.2) is 67.3 Å². The number of benzene rings is 2. The van der Waals surface area contributed by atoms with Crippen LogP contribution in [0, 0.1) is 11.6 Å². The second-order valence-electron chi connectivity index (χ2n) is 4.79. The number of aromatic amines is 1. The van der Waals surface area contributed by atoms with Crippen molar-refractivity contribution in [1.29, 1.82) is 0 Å². The Labute approximate surface area is 136 Å². The van der Waals surface area contributed by atoms with E-state index in [4.69, 9.17) is 0 Å². The number of halogens is 2. The van der Waals surface area contributed by atoms with Crippen molar-refractivity contribution in [2.75, 3.05) is 0 Å². The number of rotatable bonds is 3. The van der Waals surface area contributed by atoms with E-state index in [0.29, 0.717) is 0 Å². The molecule has 24 heavy (non-hydrogen) atoms. The molecular weight excluding hydrogens is 318 g/mol. The summed E-state index contributed by atoms with van der Waals surface area (Å²) in [5.74, 6) is -2.61. The van der Waals surface area contributed by atoms with Crippen molar-refractivity contribution >= 4 is 5.97 Å². The second kappa shape index (κ2) is 7.47. The Balaban J connectivity index is 0.000000355. The van der Waals surface area contributed by atoms with E-state index in [2.05, 4.69) is 9.97 Å². The van der Waals surface area contributed by atoms with Crippen molar-refractivity contribution in [2.24, 2.45) is 0 Å². The SMILES string of the molecule is O=C(O)C(O)(c1ccc(F)cc1)c1ccc(F)cc1.c1c[nH]cn1. The number of hydrogen-bond donors (Lipinski definition) is 3. The van der Waals surface area contributed by atoms with Gasteiger partial charge in [0.05, 0.1) is 6.33 Å². The number of aliphatic carboxylic acids is 1. The van der Waals surface area contributed by atoms with Gasteiger partial charge in [-0.05, 0) is 35.4 Å². The molecule has 0 spiro atoms. The van der Waals surface area contributed by atoms with Gasteiger partial charge in [-0.15, -0.1) is 0 Å². The number of carbonyl (C=O) groups is 1. The van der Waals surface area contributed by atoms with E-state index in [1.165, 1.54) is 24.3 Å². The first-order chi connectivity index (χ1) is 11.4. The summed E-state index contributed by atoms with van der Waals surface area (Å²) in [4.78, 5) is 17.8. The van der Waals surface area contributed by atoms with E-state index in [1.807, 2.05) is 0 Å². The van der Waals surface area contributed by atoms with Crippen LogP contribution in [0.4, 0.5) is 8.78 Å². The summed E-state index contributed by atoms with van der Waals surface area (Å²) >= 11 is 0. The third kappa shape index (κ3) is 3.82. The molecule has 0 aliphatic heterocycles. The molecule has 5 nitrogen and oxygen atoms in total. The fraction of sp³-hybridized carbons (Fsp3) is 0.0588. The third-order valence-corrected chi connectivity index (χ3v) is 3.24. The minimum absolute atomic E-state index is 0.00647. The number of aromatic nitrogens is 2. The summed E-state index contributed by atoms with van der Waals surface area (Å²) in [7, 11) is 0. The summed E-state index contributed by atoms with van der Waals surface area (Å²) in [5.41, 5.74) is -2.36. The van der Waals surface area contributed by atoms with Gasteiger partial charge in [-0.1, -0.05) is 24.3 Å². The molecule has 1 aromatic heterocycles. The normalized spacial score (nSPS) is 10.6. The molecule has 0 atom stereocenters. The van der Waals surface area contributed by atoms with Gasteiger partial charge in [0.2, 0.25) is 5.60 Å². The highest BCUT2D eigenvalue weighted by Crippen LogP contribution is 2.30. The Hall–Kier alpha value is -3.06. The predicted octanol–water partition coefficient (Wildman–Crippen LogP) is 2.70. The maximum Gasteiger partial charge on any atom is 0.345 e. The lowest BCUT2D eigenvalue weighted by atomic mass is 9.86. The van der Waals surface area contributed by atoms with E-state index >= 15 is 0 Å². The monoisotopic (exact) mass is 332 g/mol. The van der Waals surface area contributed by atoms with E-state index in [1.54, 1.807) is 18.7 Å². The standard InChI is InChI=1S/C14H10F2O3.C3H4N2/c15-11-5-1-9(2-6-11)14(19,13(17)18)10-3-7-12(16)8-4-10;1-2-5-3-4-1/h1-8,19H,(H,17,18);1-3H,(H,4,5). The molecule has 0 fully saturated rings. The molecule has 0 bridgehead atoms. The van der Waals surface area contributed by atoms with Gasteiger partial charge in [-0.25, -0.2) is 18.6 Å². The zero-order valence-corrected chi connectivity index (χ0v) is 12.4.